The van der Waals surface area contributed by atoms with Crippen LogP contribution in [0.15, 0.2) is 36.9 Å². The van der Waals surface area contributed by atoms with Gasteiger partial charge in [0.2, 0.25) is 5.91 Å². The van der Waals surface area contributed by atoms with Crippen LogP contribution < -0.4 is 14.8 Å². The highest BCUT2D eigenvalue weighted by molar-refractivity contribution is 5.93. The van der Waals surface area contributed by atoms with Crippen LogP contribution >= 0.6 is 0 Å². The molecule has 1 saturated carbocycles. The van der Waals surface area contributed by atoms with Gasteiger partial charge in [0.15, 0.2) is 11.6 Å². The minimum Gasteiger partial charge on any atom is -0.508 e. The number of hydrogen-bond acceptors (Lipinski definition) is 8. The number of fused-ring (bicyclic) bond motifs is 2. The van der Waals surface area contributed by atoms with Crippen LogP contribution in [0, 0.1) is 18.2 Å². The number of anilines is 1. The average Bonchev–Trinajstić information content (AvgIpc) is 3.64. The van der Waals surface area contributed by atoms with Crippen molar-refractivity contribution in [1.82, 2.24) is 19.8 Å². The predicted molar refractivity (Wildman–Crippen MR) is 176 cm³/mol. The van der Waals surface area contributed by atoms with Crippen LogP contribution in [0.4, 0.5) is 14.6 Å². The molecule has 3 heterocycles. The molecule has 2 N–H and O–H groups in total. The summed E-state index contributed by atoms with van der Waals surface area (Å²) in [6.45, 7) is 6.74. The summed E-state index contributed by atoms with van der Waals surface area (Å²) in [5, 5.41) is 15.2. The molecular formula is C36H41F2N5O4. The molecule has 47 heavy (non-hydrogen) atoms. The van der Waals surface area contributed by atoms with Crippen LogP contribution in [-0.4, -0.2) is 88.4 Å². The van der Waals surface area contributed by atoms with Crippen molar-refractivity contribution < 1.29 is 28.2 Å². The van der Waals surface area contributed by atoms with E-state index < -0.39 is 23.1 Å². The fourth-order valence-corrected chi connectivity index (χ4v) is 7.43. The smallest absolute Gasteiger partial charge is 0.318 e. The van der Waals surface area contributed by atoms with Gasteiger partial charge in [0.25, 0.3) is 0 Å². The molecule has 0 unspecified atom stereocenters. The molecule has 0 spiro atoms. The van der Waals surface area contributed by atoms with Crippen LogP contribution in [0.3, 0.4) is 0 Å². The number of terminal acetylenes is 1. The molecule has 1 aliphatic carbocycles. The lowest BCUT2D eigenvalue weighted by Gasteiger charge is -2.39. The van der Waals surface area contributed by atoms with Crippen molar-refractivity contribution in [2.75, 3.05) is 45.7 Å². The molecule has 0 radical (unpaired) electrons. The van der Waals surface area contributed by atoms with Crippen molar-refractivity contribution in [3.05, 3.63) is 59.6 Å². The first kappa shape index (κ1) is 32.5. The molecule has 11 heteroatoms. The first-order valence-corrected chi connectivity index (χ1v) is 16.0. The van der Waals surface area contributed by atoms with Gasteiger partial charge < -0.3 is 24.8 Å². The van der Waals surface area contributed by atoms with Gasteiger partial charge in [-0.05, 0) is 62.0 Å². The van der Waals surface area contributed by atoms with E-state index >= 15 is 0 Å². The maximum absolute atomic E-state index is 14.8. The Bertz CT molecular complexity index is 1750. The minimum absolute atomic E-state index is 0.0297. The number of carbonyl (C=O) groups is 1. The van der Waals surface area contributed by atoms with Gasteiger partial charge >= 0.3 is 6.01 Å². The van der Waals surface area contributed by atoms with Crippen LogP contribution in [0.5, 0.6) is 17.5 Å². The molecular weight excluding hydrogens is 604 g/mol. The van der Waals surface area contributed by atoms with Gasteiger partial charge in [-0.1, -0.05) is 31.4 Å². The number of likely N-dealkylation sites (tertiary alicyclic amines) is 1. The highest BCUT2D eigenvalue weighted by atomic mass is 19.1. The highest BCUT2D eigenvalue weighted by Gasteiger charge is 2.42. The number of nitrogens with zero attached hydrogens (tertiary/aromatic N) is 4. The maximum atomic E-state index is 14.8. The number of rotatable bonds is 9. The first-order valence-electron chi connectivity index (χ1n) is 16.0. The first-order chi connectivity index (χ1) is 22.5. The van der Waals surface area contributed by atoms with Crippen LogP contribution in [0.2, 0.25) is 0 Å². The lowest BCUT2D eigenvalue weighted by Crippen LogP contribution is -2.51. The van der Waals surface area contributed by atoms with Gasteiger partial charge in [-0.15, -0.1) is 6.42 Å². The van der Waals surface area contributed by atoms with E-state index in [0.717, 1.165) is 25.7 Å². The van der Waals surface area contributed by atoms with Gasteiger partial charge in [0, 0.05) is 44.3 Å². The summed E-state index contributed by atoms with van der Waals surface area (Å²) in [5.74, 6) is 2.40. The molecule has 2 aromatic carbocycles. The summed E-state index contributed by atoms with van der Waals surface area (Å²) in [6.07, 6.45) is 10.4. The number of hydrogen-bond donors (Lipinski definition) is 2. The molecule has 6 rings (SSSR count). The number of ether oxygens (including phenoxy) is 2. The summed E-state index contributed by atoms with van der Waals surface area (Å²) >= 11 is 0. The quantitative estimate of drug-likeness (QED) is 0.237. The monoisotopic (exact) mass is 645 g/mol. The number of halogens is 2. The Morgan fingerprint density at radius 3 is 2.79 bits per heavy atom. The fourth-order valence-electron chi connectivity index (χ4n) is 7.43. The third-order valence-corrected chi connectivity index (χ3v) is 10.4. The zero-order valence-electron chi connectivity index (χ0n) is 27.1. The predicted octanol–water partition coefficient (Wildman–Crippen LogP) is 5.35. The number of amides is 1. The van der Waals surface area contributed by atoms with Gasteiger partial charge in [-0.25, -0.2) is 8.78 Å². The zero-order valence-corrected chi connectivity index (χ0v) is 27.1. The van der Waals surface area contributed by atoms with Crippen molar-refractivity contribution in [2.24, 2.45) is 0 Å². The summed E-state index contributed by atoms with van der Waals surface area (Å²) < 4.78 is 41.7. The van der Waals surface area contributed by atoms with Crippen LogP contribution in [-0.2, 0) is 11.2 Å². The van der Waals surface area contributed by atoms with Gasteiger partial charge in [-0.2, -0.15) is 9.97 Å². The summed E-state index contributed by atoms with van der Waals surface area (Å²) in [4.78, 5) is 25.8. The Morgan fingerprint density at radius 1 is 1.34 bits per heavy atom. The molecule has 2 fully saturated rings. The van der Waals surface area contributed by atoms with Crippen molar-refractivity contribution in [2.45, 2.75) is 68.6 Å². The maximum Gasteiger partial charge on any atom is 0.318 e. The molecule has 3 atom stereocenters. The Balaban J connectivity index is 1.36. The number of phenolic OH excluding ortho intramolecular Hbond substituents is 1. The fraction of sp³-hybridized carbons (Fsp3) is 0.472. The lowest BCUT2D eigenvalue weighted by molar-refractivity contribution is -0.129. The molecule has 3 aromatic rings. The molecule has 9 nitrogen and oxygen atoms in total. The Labute approximate surface area is 274 Å². The van der Waals surface area contributed by atoms with Gasteiger partial charge in [0.05, 0.1) is 28.9 Å². The second-order valence-electron chi connectivity index (χ2n) is 13.4. The standard InChI is InChI=1S/C36H41F2N5O4/c1-6-26-28(38)11-10-22-14-25(44)16-27(31(22)26)23-15-29-32(46-19-23)33(39-20-36(12-8-9-13-36)43(5)30(45)7-2)41-34(40-29)47-21-35(3)17-24(37)18-42(35)4/h1,7,10-11,14,16,23-24,44H,2,8-9,12-13,15,17-21H2,3-5H3,(H,39,40,41)/t23-,24-,35+/m1/s1. The topological polar surface area (TPSA) is 100 Å². The number of carbonyl (C=O) groups excluding carboxylic acids is 1. The van der Waals surface area contributed by atoms with E-state index in [-0.39, 0.29) is 42.4 Å². The molecule has 1 saturated heterocycles. The summed E-state index contributed by atoms with van der Waals surface area (Å²) in [6, 6.07) is 6.16. The molecule has 2 aliphatic heterocycles. The van der Waals surface area contributed by atoms with Gasteiger partial charge in [-0.3, -0.25) is 9.69 Å². The number of phenols is 1. The zero-order chi connectivity index (χ0) is 33.5. The third-order valence-electron chi connectivity index (χ3n) is 10.4. The minimum atomic E-state index is -0.947. The Morgan fingerprint density at radius 2 is 2.11 bits per heavy atom. The van der Waals surface area contributed by atoms with E-state index in [1.54, 1.807) is 30.1 Å². The van der Waals surface area contributed by atoms with E-state index in [9.17, 15) is 18.7 Å². The van der Waals surface area contributed by atoms with Crippen LogP contribution in [0.1, 0.15) is 61.8 Å². The SMILES string of the molecule is C#Cc1c(F)ccc2cc(O)cc([C@H]3COc4c(nc(OC[C@]5(C)C[C@@H](F)CN5C)nc4NCC4(N(C)C(=O)C=C)CCCC4)C3)c12. The largest absolute Gasteiger partial charge is 0.508 e. The van der Waals surface area contributed by atoms with Crippen molar-refractivity contribution in [1.29, 1.82) is 0 Å². The highest BCUT2D eigenvalue weighted by Crippen LogP contribution is 2.42. The summed E-state index contributed by atoms with van der Waals surface area (Å²) in [5.41, 5.74) is 0.361. The van der Waals surface area contributed by atoms with E-state index in [1.807, 2.05) is 18.9 Å². The van der Waals surface area contributed by atoms with E-state index in [1.165, 1.54) is 12.1 Å². The Hall–Kier alpha value is -4.43. The van der Waals surface area contributed by atoms with E-state index in [4.69, 9.17) is 25.9 Å². The number of aromatic hydroxyl groups is 1. The molecule has 1 aromatic heterocycles. The second-order valence-corrected chi connectivity index (χ2v) is 13.4. The Kier molecular flexibility index (Phi) is 8.74. The average molecular weight is 646 g/mol. The van der Waals surface area contributed by atoms with E-state index in [0.29, 0.717) is 59.5 Å². The molecule has 248 valence electrons. The van der Waals surface area contributed by atoms with Crippen molar-refractivity contribution >= 4 is 22.5 Å². The third kappa shape index (κ3) is 6.07. The number of nitrogens with one attached hydrogen (secondary N) is 1. The number of likely N-dealkylation sites (N-methyl/N-ethyl adjacent to an activating group) is 2. The normalized spacial score (nSPS) is 23.5. The van der Waals surface area contributed by atoms with Crippen molar-refractivity contribution in [3.8, 4) is 29.9 Å². The van der Waals surface area contributed by atoms with E-state index in [2.05, 4.69) is 17.8 Å². The van der Waals surface area contributed by atoms with Crippen LogP contribution in [0.25, 0.3) is 10.8 Å². The van der Waals surface area contributed by atoms with Gasteiger partial charge in [0.1, 0.15) is 24.3 Å². The van der Waals surface area contributed by atoms with Crippen molar-refractivity contribution in [3.63, 3.8) is 0 Å². The number of aromatic nitrogens is 2. The molecule has 1 amide bonds. The second kappa shape index (κ2) is 12.6. The number of benzene rings is 2. The number of alkyl halides is 1. The molecule has 0 bridgehead atoms. The lowest BCUT2D eigenvalue weighted by atomic mass is 9.87. The molecule has 3 aliphatic rings. The summed E-state index contributed by atoms with van der Waals surface area (Å²) in [7, 11) is 3.67.